The SMILES string of the molecule is CCCCCCCCCCCCOC(=O)C(CC(=O)OCCCCC)S(=O)(=O)O. The van der Waals surface area contributed by atoms with Crippen LogP contribution >= 0.6 is 0 Å². The molecule has 0 aliphatic heterocycles. The van der Waals surface area contributed by atoms with Crippen LogP contribution in [0.15, 0.2) is 0 Å². The molecule has 0 saturated heterocycles. The van der Waals surface area contributed by atoms with Gasteiger partial charge in [0.1, 0.15) is 0 Å². The zero-order valence-corrected chi connectivity index (χ0v) is 19.0. The smallest absolute Gasteiger partial charge is 0.327 e. The summed E-state index contributed by atoms with van der Waals surface area (Å²) in [6, 6.07) is 0. The maximum atomic E-state index is 12.0. The van der Waals surface area contributed by atoms with Gasteiger partial charge < -0.3 is 9.47 Å². The van der Waals surface area contributed by atoms with Crippen LogP contribution < -0.4 is 0 Å². The van der Waals surface area contributed by atoms with Crippen molar-refractivity contribution in [2.45, 2.75) is 109 Å². The maximum absolute atomic E-state index is 12.0. The van der Waals surface area contributed by atoms with Crippen LogP contribution in [0.25, 0.3) is 0 Å². The lowest BCUT2D eigenvalue weighted by molar-refractivity contribution is -0.150. The van der Waals surface area contributed by atoms with Gasteiger partial charge in [-0.2, -0.15) is 8.42 Å². The first-order valence-corrected chi connectivity index (χ1v) is 12.6. The van der Waals surface area contributed by atoms with Gasteiger partial charge in [-0.25, -0.2) is 0 Å². The molecule has 0 aromatic heterocycles. The Morgan fingerprint density at radius 3 is 1.66 bits per heavy atom. The minimum Gasteiger partial charge on any atom is -0.466 e. The molecule has 8 heteroatoms. The van der Waals surface area contributed by atoms with E-state index in [-0.39, 0.29) is 13.2 Å². The second-order valence-corrected chi connectivity index (χ2v) is 9.08. The Morgan fingerprint density at radius 1 is 0.724 bits per heavy atom. The molecule has 1 N–H and O–H groups in total. The van der Waals surface area contributed by atoms with Gasteiger partial charge in [-0.3, -0.25) is 14.1 Å². The molecule has 29 heavy (non-hydrogen) atoms. The molecule has 0 aliphatic rings. The van der Waals surface area contributed by atoms with E-state index in [1.165, 1.54) is 38.5 Å². The molecule has 1 unspecified atom stereocenters. The van der Waals surface area contributed by atoms with Crippen molar-refractivity contribution in [2.75, 3.05) is 13.2 Å². The highest BCUT2D eigenvalue weighted by Crippen LogP contribution is 2.12. The number of rotatable bonds is 19. The highest BCUT2D eigenvalue weighted by molar-refractivity contribution is 7.87. The highest BCUT2D eigenvalue weighted by Gasteiger charge is 2.35. The average molecular weight is 437 g/mol. The lowest BCUT2D eigenvalue weighted by Crippen LogP contribution is -2.34. The summed E-state index contributed by atoms with van der Waals surface area (Å²) < 4.78 is 42.0. The average Bonchev–Trinajstić information content (AvgIpc) is 2.66. The topological polar surface area (TPSA) is 107 Å². The number of hydrogen-bond acceptors (Lipinski definition) is 6. The molecule has 0 rings (SSSR count). The lowest BCUT2D eigenvalue weighted by Gasteiger charge is -2.13. The highest BCUT2D eigenvalue weighted by atomic mass is 32.2. The number of ether oxygens (including phenoxy) is 2. The third-order valence-electron chi connectivity index (χ3n) is 4.73. The fourth-order valence-electron chi connectivity index (χ4n) is 2.91. The Bertz CT molecular complexity index is 531. The predicted molar refractivity (Wildman–Crippen MR) is 113 cm³/mol. The summed E-state index contributed by atoms with van der Waals surface area (Å²) >= 11 is 0. The van der Waals surface area contributed by atoms with E-state index in [4.69, 9.17) is 9.47 Å². The molecule has 0 heterocycles. The first kappa shape index (κ1) is 27.8. The first-order valence-electron chi connectivity index (χ1n) is 11.1. The molecule has 0 aromatic rings. The third kappa shape index (κ3) is 16.3. The van der Waals surface area contributed by atoms with Crippen molar-refractivity contribution < 1.29 is 32.0 Å². The minimum absolute atomic E-state index is 0.0763. The van der Waals surface area contributed by atoms with E-state index in [0.717, 1.165) is 32.1 Å². The summed E-state index contributed by atoms with van der Waals surface area (Å²) in [6.45, 7) is 4.44. The fourth-order valence-corrected chi connectivity index (χ4v) is 3.57. The van der Waals surface area contributed by atoms with Gasteiger partial charge in [0, 0.05) is 0 Å². The monoisotopic (exact) mass is 436 g/mol. The second-order valence-electron chi connectivity index (χ2n) is 7.48. The van der Waals surface area contributed by atoms with Gasteiger partial charge in [-0.05, 0) is 12.8 Å². The number of unbranched alkanes of at least 4 members (excludes halogenated alkanes) is 11. The van der Waals surface area contributed by atoms with E-state index in [9.17, 15) is 22.6 Å². The van der Waals surface area contributed by atoms with Crippen molar-refractivity contribution in [3.8, 4) is 0 Å². The standard InChI is InChI=1S/C21H40O7S/c1-3-5-7-8-9-10-11-12-13-15-17-28-21(23)19(29(24,25)26)18-20(22)27-16-14-6-4-2/h19H,3-18H2,1-2H3,(H,24,25,26). The quantitative estimate of drug-likeness (QED) is 0.175. The molecule has 0 aliphatic carbocycles. The van der Waals surface area contributed by atoms with Crippen LogP contribution in [0.5, 0.6) is 0 Å². The number of carbonyl (C=O) groups excluding carboxylic acids is 2. The van der Waals surface area contributed by atoms with Crippen molar-refractivity contribution in [2.24, 2.45) is 0 Å². The van der Waals surface area contributed by atoms with Crippen LogP contribution in [0, 0.1) is 0 Å². The molecule has 0 radical (unpaired) electrons. The predicted octanol–water partition coefficient (Wildman–Crippen LogP) is 4.83. The van der Waals surface area contributed by atoms with E-state index in [1.807, 2.05) is 6.92 Å². The fraction of sp³-hybridized carbons (Fsp3) is 0.905. The van der Waals surface area contributed by atoms with Crippen molar-refractivity contribution in [3.05, 3.63) is 0 Å². The van der Waals surface area contributed by atoms with Gasteiger partial charge in [0.15, 0.2) is 5.25 Å². The first-order chi connectivity index (χ1) is 13.8. The Labute approximate surface area is 176 Å². The molecule has 0 fully saturated rings. The summed E-state index contributed by atoms with van der Waals surface area (Å²) in [6.07, 6.45) is 13.0. The molecule has 0 spiro atoms. The normalized spacial score (nSPS) is 12.5. The third-order valence-corrected chi connectivity index (χ3v) is 5.81. The molecule has 0 amide bonds. The van der Waals surface area contributed by atoms with Crippen molar-refractivity contribution in [1.82, 2.24) is 0 Å². The Kier molecular flexibility index (Phi) is 17.0. The van der Waals surface area contributed by atoms with E-state index in [2.05, 4.69) is 6.92 Å². The molecular weight excluding hydrogens is 396 g/mol. The van der Waals surface area contributed by atoms with E-state index in [0.29, 0.717) is 12.8 Å². The van der Waals surface area contributed by atoms with Gasteiger partial charge in [0.05, 0.1) is 19.6 Å². The molecule has 1 atom stereocenters. The van der Waals surface area contributed by atoms with E-state index < -0.39 is 33.7 Å². The largest absolute Gasteiger partial charge is 0.466 e. The van der Waals surface area contributed by atoms with Gasteiger partial charge >= 0.3 is 11.9 Å². The zero-order valence-electron chi connectivity index (χ0n) is 18.2. The van der Waals surface area contributed by atoms with Gasteiger partial charge in [-0.1, -0.05) is 84.5 Å². The molecular formula is C21H40O7S. The van der Waals surface area contributed by atoms with Crippen LogP contribution in [0.3, 0.4) is 0 Å². The Morgan fingerprint density at radius 2 is 1.14 bits per heavy atom. The van der Waals surface area contributed by atoms with Crippen LogP contribution in [0.4, 0.5) is 0 Å². The molecule has 0 bridgehead atoms. The van der Waals surface area contributed by atoms with Gasteiger partial charge in [-0.15, -0.1) is 0 Å². The number of hydrogen-bond donors (Lipinski definition) is 1. The minimum atomic E-state index is -4.73. The van der Waals surface area contributed by atoms with Crippen molar-refractivity contribution >= 4 is 22.1 Å². The summed E-state index contributed by atoms with van der Waals surface area (Å²) in [7, 11) is -4.73. The van der Waals surface area contributed by atoms with Gasteiger partial charge in [0.25, 0.3) is 10.1 Å². The van der Waals surface area contributed by atoms with E-state index >= 15 is 0 Å². The maximum Gasteiger partial charge on any atom is 0.327 e. The van der Waals surface area contributed by atoms with Crippen LogP contribution in [0.1, 0.15) is 104 Å². The molecule has 0 aromatic carbocycles. The van der Waals surface area contributed by atoms with Gasteiger partial charge in [0.2, 0.25) is 0 Å². The Hall–Kier alpha value is -1.15. The number of carbonyl (C=O) groups is 2. The molecule has 0 saturated carbocycles. The number of esters is 2. The van der Waals surface area contributed by atoms with Crippen molar-refractivity contribution in [1.29, 1.82) is 0 Å². The summed E-state index contributed by atoms with van der Waals surface area (Å²) in [5.74, 6) is -1.94. The lowest BCUT2D eigenvalue weighted by atomic mass is 10.1. The Balaban J connectivity index is 4.01. The van der Waals surface area contributed by atoms with Crippen molar-refractivity contribution in [3.63, 3.8) is 0 Å². The zero-order chi connectivity index (χ0) is 22.0. The van der Waals surface area contributed by atoms with E-state index in [1.54, 1.807) is 0 Å². The summed E-state index contributed by atoms with van der Waals surface area (Å²) in [5, 5.41) is -1.93. The summed E-state index contributed by atoms with van der Waals surface area (Å²) in [5.41, 5.74) is 0. The van der Waals surface area contributed by atoms with Crippen LogP contribution in [-0.4, -0.2) is 43.4 Å². The molecule has 172 valence electrons. The van der Waals surface area contributed by atoms with Crippen LogP contribution in [-0.2, 0) is 29.2 Å². The van der Waals surface area contributed by atoms with Crippen LogP contribution in [0.2, 0.25) is 0 Å². The molecule has 7 nitrogen and oxygen atoms in total. The summed E-state index contributed by atoms with van der Waals surface area (Å²) in [4.78, 5) is 23.7. The second kappa shape index (κ2) is 17.7.